The molecule has 2 aromatic carbocycles. The lowest BCUT2D eigenvalue weighted by atomic mass is 10.1. The van der Waals surface area contributed by atoms with Crippen molar-refractivity contribution < 1.29 is 19.0 Å². The van der Waals surface area contributed by atoms with E-state index in [1.807, 2.05) is 49.4 Å². The van der Waals surface area contributed by atoms with Crippen LogP contribution in [-0.2, 0) is 11.2 Å². The number of hydrogen-bond acceptors (Lipinski definition) is 4. The summed E-state index contributed by atoms with van der Waals surface area (Å²) in [7, 11) is 4.86. The smallest absolute Gasteiger partial charge is 0.220 e. The number of carbonyl (C=O) groups excluding carboxylic acids is 1. The summed E-state index contributed by atoms with van der Waals surface area (Å²) >= 11 is 0. The molecule has 0 saturated heterocycles. The summed E-state index contributed by atoms with van der Waals surface area (Å²) in [6, 6.07) is 13.1. The van der Waals surface area contributed by atoms with Crippen LogP contribution in [0.15, 0.2) is 42.5 Å². The molecular formula is C20H25NO4. The van der Waals surface area contributed by atoms with Gasteiger partial charge in [0.2, 0.25) is 5.91 Å². The number of benzene rings is 2. The first-order valence-electron chi connectivity index (χ1n) is 8.22. The molecule has 1 amide bonds. The molecule has 2 rings (SSSR count). The Bertz CT molecular complexity index is 715. The molecule has 0 bridgehead atoms. The third kappa shape index (κ3) is 4.89. The maximum Gasteiger partial charge on any atom is 0.220 e. The van der Waals surface area contributed by atoms with E-state index in [1.165, 1.54) is 0 Å². The molecule has 25 heavy (non-hydrogen) atoms. The molecule has 134 valence electrons. The lowest BCUT2D eigenvalue weighted by Gasteiger charge is -2.18. The maximum atomic E-state index is 12.3. The Kier molecular flexibility index (Phi) is 6.69. The number of nitrogens with one attached hydrogen (secondary N) is 1. The third-order valence-corrected chi connectivity index (χ3v) is 4.09. The molecule has 0 aromatic heterocycles. The highest BCUT2D eigenvalue weighted by atomic mass is 16.5. The normalized spacial score (nSPS) is 11.5. The second-order valence-corrected chi connectivity index (χ2v) is 5.71. The van der Waals surface area contributed by atoms with Gasteiger partial charge in [0.05, 0.1) is 27.4 Å². The molecule has 1 atom stereocenters. The molecule has 0 fully saturated rings. The van der Waals surface area contributed by atoms with E-state index in [0.717, 1.165) is 28.4 Å². The van der Waals surface area contributed by atoms with Crippen LogP contribution in [0.1, 0.15) is 30.5 Å². The second kappa shape index (κ2) is 8.97. The first kappa shape index (κ1) is 18.6. The minimum absolute atomic E-state index is 0.0247. The van der Waals surface area contributed by atoms with Crippen LogP contribution in [-0.4, -0.2) is 27.2 Å². The summed E-state index contributed by atoms with van der Waals surface area (Å²) in [6.07, 6.45) is 1.01. The Labute approximate surface area is 148 Å². The van der Waals surface area contributed by atoms with Crippen molar-refractivity contribution in [3.8, 4) is 17.2 Å². The lowest BCUT2D eigenvalue weighted by Crippen LogP contribution is -2.27. The monoisotopic (exact) mass is 343 g/mol. The summed E-state index contributed by atoms with van der Waals surface area (Å²) in [5.41, 5.74) is 1.90. The Hall–Kier alpha value is -2.69. The van der Waals surface area contributed by atoms with Crippen molar-refractivity contribution in [3.63, 3.8) is 0 Å². The van der Waals surface area contributed by atoms with Crippen LogP contribution >= 0.6 is 0 Å². The van der Waals surface area contributed by atoms with Crippen molar-refractivity contribution in [2.75, 3.05) is 21.3 Å². The zero-order valence-corrected chi connectivity index (χ0v) is 15.2. The summed E-state index contributed by atoms with van der Waals surface area (Å²) in [5, 5.41) is 3.01. The van der Waals surface area contributed by atoms with Crippen LogP contribution in [0.4, 0.5) is 0 Å². The van der Waals surface area contributed by atoms with Gasteiger partial charge in [0.25, 0.3) is 0 Å². The standard InChI is InChI=1S/C20H25NO4/c1-14(17-13-16(23-2)10-11-19(17)25-4)21-20(22)12-9-15-7-5-6-8-18(15)24-3/h5-8,10-11,13-14H,9,12H2,1-4H3,(H,21,22)/t14-/m0/s1. The van der Waals surface area contributed by atoms with E-state index in [2.05, 4.69) is 5.32 Å². The molecule has 0 aliphatic rings. The van der Waals surface area contributed by atoms with E-state index in [-0.39, 0.29) is 11.9 Å². The van der Waals surface area contributed by atoms with E-state index in [4.69, 9.17) is 14.2 Å². The average Bonchev–Trinajstić information content (AvgIpc) is 2.65. The van der Waals surface area contributed by atoms with Crippen LogP contribution in [0.3, 0.4) is 0 Å². The fraction of sp³-hybridized carbons (Fsp3) is 0.350. The number of rotatable bonds is 8. The number of amides is 1. The Balaban J connectivity index is 2.00. The first-order chi connectivity index (χ1) is 12.1. The molecule has 0 saturated carbocycles. The van der Waals surface area contributed by atoms with Gasteiger partial charge in [-0.1, -0.05) is 18.2 Å². The van der Waals surface area contributed by atoms with Crippen LogP contribution in [0.2, 0.25) is 0 Å². The summed E-state index contributed by atoms with van der Waals surface area (Å²) in [5.74, 6) is 2.23. The van der Waals surface area contributed by atoms with Crippen molar-refractivity contribution in [2.24, 2.45) is 0 Å². The molecule has 0 aliphatic heterocycles. The topological polar surface area (TPSA) is 56.8 Å². The summed E-state index contributed by atoms with van der Waals surface area (Å²) < 4.78 is 16.0. The summed E-state index contributed by atoms with van der Waals surface area (Å²) in [6.45, 7) is 1.93. The Morgan fingerprint density at radius 1 is 1.00 bits per heavy atom. The number of aryl methyl sites for hydroxylation is 1. The third-order valence-electron chi connectivity index (χ3n) is 4.09. The number of methoxy groups -OCH3 is 3. The average molecular weight is 343 g/mol. The van der Waals surface area contributed by atoms with Crippen LogP contribution in [0.25, 0.3) is 0 Å². The van der Waals surface area contributed by atoms with Crippen molar-refractivity contribution in [1.29, 1.82) is 0 Å². The maximum absolute atomic E-state index is 12.3. The number of ether oxygens (including phenoxy) is 3. The van der Waals surface area contributed by atoms with Gasteiger partial charge in [0, 0.05) is 12.0 Å². The zero-order chi connectivity index (χ0) is 18.2. The minimum atomic E-state index is -0.185. The highest BCUT2D eigenvalue weighted by Gasteiger charge is 2.15. The number of carbonyl (C=O) groups is 1. The van der Waals surface area contributed by atoms with E-state index in [9.17, 15) is 4.79 Å². The zero-order valence-electron chi connectivity index (χ0n) is 15.2. The van der Waals surface area contributed by atoms with Crippen LogP contribution < -0.4 is 19.5 Å². The van der Waals surface area contributed by atoms with Crippen molar-refractivity contribution in [2.45, 2.75) is 25.8 Å². The highest BCUT2D eigenvalue weighted by molar-refractivity contribution is 5.77. The second-order valence-electron chi connectivity index (χ2n) is 5.71. The van der Waals surface area contributed by atoms with Crippen molar-refractivity contribution in [1.82, 2.24) is 5.32 Å². The fourth-order valence-electron chi connectivity index (χ4n) is 2.73. The molecule has 5 heteroatoms. The van der Waals surface area contributed by atoms with Gasteiger partial charge in [-0.2, -0.15) is 0 Å². The van der Waals surface area contributed by atoms with Gasteiger partial charge in [-0.3, -0.25) is 4.79 Å². The highest BCUT2D eigenvalue weighted by Crippen LogP contribution is 2.29. The Morgan fingerprint density at radius 2 is 1.72 bits per heavy atom. The lowest BCUT2D eigenvalue weighted by molar-refractivity contribution is -0.121. The molecular weight excluding hydrogens is 318 g/mol. The number of para-hydroxylation sites is 1. The van der Waals surface area contributed by atoms with E-state index in [1.54, 1.807) is 21.3 Å². The van der Waals surface area contributed by atoms with Crippen molar-refractivity contribution in [3.05, 3.63) is 53.6 Å². The number of hydrogen-bond donors (Lipinski definition) is 1. The van der Waals surface area contributed by atoms with E-state index in [0.29, 0.717) is 12.8 Å². The molecule has 1 N–H and O–H groups in total. The Morgan fingerprint density at radius 3 is 2.40 bits per heavy atom. The van der Waals surface area contributed by atoms with Crippen LogP contribution in [0, 0.1) is 0 Å². The molecule has 0 unspecified atom stereocenters. The van der Waals surface area contributed by atoms with Gasteiger partial charge in [-0.15, -0.1) is 0 Å². The van der Waals surface area contributed by atoms with Crippen molar-refractivity contribution >= 4 is 5.91 Å². The predicted octanol–water partition coefficient (Wildman–Crippen LogP) is 3.52. The minimum Gasteiger partial charge on any atom is -0.497 e. The molecule has 0 spiro atoms. The van der Waals surface area contributed by atoms with Gasteiger partial charge >= 0.3 is 0 Å². The molecule has 5 nitrogen and oxygen atoms in total. The quantitative estimate of drug-likeness (QED) is 0.797. The van der Waals surface area contributed by atoms with Gasteiger partial charge in [-0.25, -0.2) is 0 Å². The largest absolute Gasteiger partial charge is 0.497 e. The predicted molar refractivity (Wildman–Crippen MR) is 97.4 cm³/mol. The van der Waals surface area contributed by atoms with Crippen LogP contribution in [0.5, 0.6) is 17.2 Å². The molecule has 0 radical (unpaired) electrons. The fourth-order valence-corrected chi connectivity index (χ4v) is 2.73. The van der Waals surface area contributed by atoms with E-state index < -0.39 is 0 Å². The molecule has 2 aromatic rings. The van der Waals surface area contributed by atoms with Gasteiger partial charge in [0.15, 0.2) is 0 Å². The van der Waals surface area contributed by atoms with Gasteiger partial charge < -0.3 is 19.5 Å². The molecule has 0 aliphatic carbocycles. The van der Waals surface area contributed by atoms with Gasteiger partial charge in [0.1, 0.15) is 17.2 Å². The van der Waals surface area contributed by atoms with E-state index >= 15 is 0 Å². The summed E-state index contributed by atoms with van der Waals surface area (Å²) in [4.78, 5) is 12.3. The van der Waals surface area contributed by atoms with Gasteiger partial charge in [-0.05, 0) is 43.2 Å². The SMILES string of the molecule is COc1ccc(OC)c([C@H](C)NC(=O)CCc2ccccc2OC)c1. The first-order valence-corrected chi connectivity index (χ1v) is 8.22. The molecule has 0 heterocycles.